The molecule has 0 saturated heterocycles. The average molecular weight is 571 g/mol. The highest BCUT2D eigenvalue weighted by Gasteiger charge is 2.27. The highest BCUT2D eigenvalue weighted by molar-refractivity contribution is 7.89. The Balaban J connectivity index is 1.81. The maximum atomic E-state index is 13.4. The van der Waals surface area contributed by atoms with E-state index in [1.807, 2.05) is 0 Å². The molecule has 1 amide bonds. The van der Waals surface area contributed by atoms with Crippen molar-refractivity contribution in [2.24, 2.45) is 5.10 Å². The summed E-state index contributed by atoms with van der Waals surface area (Å²) in [5.41, 5.74) is 3.45. The molecule has 0 bridgehead atoms. The van der Waals surface area contributed by atoms with Gasteiger partial charge in [0.05, 0.1) is 31.9 Å². The van der Waals surface area contributed by atoms with Gasteiger partial charge in [-0.2, -0.15) is 9.41 Å². The van der Waals surface area contributed by atoms with E-state index in [1.165, 1.54) is 50.8 Å². The van der Waals surface area contributed by atoms with Crippen molar-refractivity contribution in [2.75, 3.05) is 20.8 Å². The minimum atomic E-state index is -4.09. The lowest BCUT2D eigenvalue weighted by Gasteiger charge is -2.22. The molecular formula is C24H22Cl3N3O5S. The molecule has 0 spiro atoms. The number of hydrazone groups is 1. The van der Waals surface area contributed by atoms with Gasteiger partial charge in [-0.05, 0) is 65.7 Å². The number of halogens is 3. The predicted octanol–water partition coefficient (Wildman–Crippen LogP) is 5.01. The first-order valence-corrected chi connectivity index (χ1v) is 12.9. The first kappa shape index (κ1) is 27.8. The van der Waals surface area contributed by atoms with Gasteiger partial charge in [0.25, 0.3) is 5.91 Å². The Hall–Kier alpha value is -2.82. The van der Waals surface area contributed by atoms with Crippen LogP contribution < -0.4 is 14.9 Å². The van der Waals surface area contributed by atoms with Crippen LogP contribution in [0.2, 0.25) is 15.1 Å². The lowest BCUT2D eigenvalue weighted by Crippen LogP contribution is -2.39. The minimum absolute atomic E-state index is 0.0291. The summed E-state index contributed by atoms with van der Waals surface area (Å²) in [6.45, 7) is -0.693. The molecule has 0 saturated carbocycles. The monoisotopic (exact) mass is 569 g/mol. The van der Waals surface area contributed by atoms with Crippen molar-refractivity contribution in [3.8, 4) is 11.5 Å². The third kappa shape index (κ3) is 7.11. The van der Waals surface area contributed by atoms with E-state index in [0.29, 0.717) is 32.7 Å². The number of rotatable bonds is 10. The van der Waals surface area contributed by atoms with Gasteiger partial charge in [-0.25, -0.2) is 13.8 Å². The van der Waals surface area contributed by atoms with E-state index >= 15 is 0 Å². The van der Waals surface area contributed by atoms with Crippen LogP contribution in [-0.2, 0) is 21.4 Å². The number of sulfonamides is 1. The van der Waals surface area contributed by atoms with Gasteiger partial charge in [-0.1, -0.05) is 40.9 Å². The standard InChI is InChI=1S/C24H22Cl3N3O5S/c1-34-22-10-3-16(11-23(22)35-2)13-28-29-24(31)15-30(14-17-4-5-19(26)12-21(17)27)36(32,33)20-8-6-18(25)7-9-20/h3-13H,14-15H2,1-2H3,(H,29,31)/b28-13-. The van der Waals surface area contributed by atoms with Crippen LogP contribution in [0.25, 0.3) is 0 Å². The molecule has 0 aromatic heterocycles. The third-order valence-corrected chi connectivity index (χ3v) is 7.59. The van der Waals surface area contributed by atoms with E-state index in [0.717, 1.165) is 4.31 Å². The lowest BCUT2D eigenvalue weighted by atomic mass is 10.2. The van der Waals surface area contributed by atoms with Crippen molar-refractivity contribution in [1.29, 1.82) is 0 Å². The molecule has 0 radical (unpaired) electrons. The van der Waals surface area contributed by atoms with Crippen molar-refractivity contribution in [1.82, 2.24) is 9.73 Å². The number of nitrogens with one attached hydrogen (secondary N) is 1. The summed E-state index contributed by atoms with van der Waals surface area (Å²) in [5, 5.41) is 4.97. The molecule has 8 nitrogen and oxygen atoms in total. The molecule has 0 heterocycles. The largest absolute Gasteiger partial charge is 0.493 e. The first-order valence-electron chi connectivity index (χ1n) is 10.4. The Labute approximate surface area is 224 Å². The van der Waals surface area contributed by atoms with Gasteiger partial charge in [0.2, 0.25) is 10.0 Å². The van der Waals surface area contributed by atoms with E-state index in [4.69, 9.17) is 44.3 Å². The molecule has 3 rings (SSSR count). The molecule has 1 N–H and O–H groups in total. The summed E-state index contributed by atoms with van der Waals surface area (Å²) in [6.07, 6.45) is 1.40. The van der Waals surface area contributed by atoms with Crippen molar-refractivity contribution >= 4 is 56.9 Å². The van der Waals surface area contributed by atoms with Gasteiger partial charge in [0.1, 0.15) is 0 Å². The fourth-order valence-corrected chi connectivity index (χ4v) is 5.10. The summed E-state index contributed by atoms with van der Waals surface area (Å²) >= 11 is 18.1. The van der Waals surface area contributed by atoms with Crippen LogP contribution in [0.4, 0.5) is 0 Å². The molecule has 190 valence electrons. The van der Waals surface area contributed by atoms with Crippen LogP contribution in [-0.4, -0.2) is 45.6 Å². The Morgan fingerprint density at radius 1 is 0.944 bits per heavy atom. The number of benzene rings is 3. The van der Waals surface area contributed by atoms with Crippen LogP contribution in [0.1, 0.15) is 11.1 Å². The number of amides is 1. The van der Waals surface area contributed by atoms with Gasteiger partial charge >= 0.3 is 0 Å². The van der Waals surface area contributed by atoms with Crippen LogP contribution in [0, 0.1) is 0 Å². The Bertz CT molecular complexity index is 1370. The summed E-state index contributed by atoms with van der Waals surface area (Å²) in [6, 6.07) is 15.4. The highest BCUT2D eigenvalue weighted by atomic mass is 35.5. The second-order valence-corrected chi connectivity index (χ2v) is 10.6. The maximum Gasteiger partial charge on any atom is 0.255 e. The molecule has 0 aliphatic heterocycles. The van der Waals surface area contributed by atoms with E-state index in [1.54, 1.807) is 30.3 Å². The van der Waals surface area contributed by atoms with Crippen molar-refractivity contribution in [3.05, 3.63) is 86.9 Å². The minimum Gasteiger partial charge on any atom is -0.493 e. The molecule has 36 heavy (non-hydrogen) atoms. The highest BCUT2D eigenvalue weighted by Crippen LogP contribution is 2.27. The van der Waals surface area contributed by atoms with Gasteiger partial charge in [0.15, 0.2) is 11.5 Å². The average Bonchev–Trinajstić information content (AvgIpc) is 2.85. The zero-order chi connectivity index (χ0) is 26.3. The van der Waals surface area contributed by atoms with Crippen LogP contribution in [0.15, 0.2) is 70.7 Å². The molecule has 0 fully saturated rings. The van der Waals surface area contributed by atoms with Crippen LogP contribution in [0.3, 0.4) is 0 Å². The molecule has 0 unspecified atom stereocenters. The Kier molecular flexibility index (Phi) is 9.58. The molecule has 0 aliphatic rings. The number of hydrogen-bond acceptors (Lipinski definition) is 6. The molecule has 3 aromatic carbocycles. The number of carbonyl (C=O) groups excluding carboxylic acids is 1. The quantitative estimate of drug-likeness (QED) is 0.273. The van der Waals surface area contributed by atoms with E-state index in [9.17, 15) is 13.2 Å². The van der Waals surface area contributed by atoms with Gasteiger partial charge < -0.3 is 9.47 Å². The summed E-state index contributed by atoms with van der Waals surface area (Å²) < 4.78 is 38.1. The summed E-state index contributed by atoms with van der Waals surface area (Å²) in [7, 11) is -1.07. The van der Waals surface area contributed by atoms with Gasteiger partial charge in [-0.15, -0.1) is 0 Å². The molecule has 0 aliphatic carbocycles. The maximum absolute atomic E-state index is 13.4. The normalized spacial score (nSPS) is 11.6. The fourth-order valence-electron chi connectivity index (χ4n) is 3.13. The first-order chi connectivity index (χ1) is 17.1. The van der Waals surface area contributed by atoms with E-state index in [2.05, 4.69) is 10.5 Å². The molecule has 12 heteroatoms. The zero-order valence-electron chi connectivity index (χ0n) is 19.2. The number of hydrogen-bond donors (Lipinski definition) is 1. The van der Waals surface area contributed by atoms with Gasteiger partial charge in [0, 0.05) is 21.6 Å². The third-order valence-electron chi connectivity index (χ3n) is 4.94. The lowest BCUT2D eigenvalue weighted by molar-refractivity contribution is -0.121. The van der Waals surface area contributed by atoms with Crippen LogP contribution in [0.5, 0.6) is 11.5 Å². The Morgan fingerprint density at radius 3 is 2.25 bits per heavy atom. The predicted molar refractivity (Wildman–Crippen MR) is 141 cm³/mol. The molecule has 3 aromatic rings. The van der Waals surface area contributed by atoms with Crippen molar-refractivity contribution < 1.29 is 22.7 Å². The second kappa shape index (κ2) is 12.4. The molecular weight excluding hydrogens is 549 g/mol. The smallest absolute Gasteiger partial charge is 0.255 e. The summed E-state index contributed by atoms with van der Waals surface area (Å²) in [5.74, 6) is 0.379. The number of nitrogens with zero attached hydrogens (tertiary/aromatic N) is 2. The van der Waals surface area contributed by atoms with E-state index < -0.39 is 22.5 Å². The molecule has 0 atom stereocenters. The van der Waals surface area contributed by atoms with Crippen molar-refractivity contribution in [3.63, 3.8) is 0 Å². The van der Waals surface area contributed by atoms with Gasteiger partial charge in [-0.3, -0.25) is 4.79 Å². The SMILES string of the molecule is COc1ccc(/C=N\NC(=O)CN(Cc2ccc(Cl)cc2Cl)S(=O)(=O)c2ccc(Cl)cc2)cc1OC. The van der Waals surface area contributed by atoms with E-state index in [-0.39, 0.29) is 16.5 Å². The Morgan fingerprint density at radius 2 is 1.61 bits per heavy atom. The number of ether oxygens (including phenoxy) is 2. The zero-order valence-corrected chi connectivity index (χ0v) is 22.3. The fraction of sp³-hybridized carbons (Fsp3) is 0.167. The van der Waals surface area contributed by atoms with Crippen LogP contribution >= 0.6 is 34.8 Å². The number of methoxy groups -OCH3 is 2. The van der Waals surface area contributed by atoms with Crippen molar-refractivity contribution in [2.45, 2.75) is 11.4 Å². The topological polar surface area (TPSA) is 97.3 Å². The second-order valence-electron chi connectivity index (χ2n) is 7.37. The number of carbonyl (C=O) groups is 1. The summed E-state index contributed by atoms with van der Waals surface area (Å²) in [4.78, 5) is 12.6.